The van der Waals surface area contributed by atoms with Crippen LogP contribution in [0.4, 0.5) is 0 Å². The number of nitrogens with zero attached hydrogens (tertiary/aromatic N) is 1. The summed E-state index contributed by atoms with van der Waals surface area (Å²) in [6, 6.07) is 28.2. The van der Waals surface area contributed by atoms with E-state index in [1.165, 1.54) is 16.3 Å². The summed E-state index contributed by atoms with van der Waals surface area (Å²) in [6.45, 7) is 4.51. The summed E-state index contributed by atoms with van der Waals surface area (Å²) in [7, 11) is 0. The topological polar surface area (TPSA) is 50.7 Å². The van der Waals surface area contributed by atoms with Gasteiger partial charge in [0.25, 0.3) is 0 Å². The Morgan fingerprint density at radius 1 is 0.906 bits per heavy atom. The van der Waals surface area contributed by atoms with E-state index in [0.29, 0.717) is 18.8 Å². The molecule has 160 valence electrons. The number of carbonyl (C=O) groups excluding carboxylic acids is 1. The minimum absolute atomic E-state index is 0.151. The van der Waals surface area contributed by atoms with Gasteiger partial charge in [-0.15, -0.1) is 0 Å². The first-order valence-corrected chi connectivity index (χ1v) is 10.7. The molecule has 0 heterocycles. The Bertz CT molecular complexity index is 1270. The number of ether oxygens (including phenoxy) is 1. The highest BCUT2D eigenvalue weighted by atomic mass is 16.5. The molecule has 0 aromatic heterocycles. The molecule has 0 bridgehead atoms. The molecule has 0 saturated heterocycles. The summed E-state index contributed by atoms with van der Waals surface area (Å²) in [4.78, 5) is 12.3. The maximum Gasteiger partial charge on any atom is 0.244 e. The monoisotopic (exact) mass is 422 g/mol. The Morgan fingerprint density at radius 3 is 2.56 bits per heavy atom. The third-order valence-corrected chi connectivity index (χ3v) is 5.42. The SMILES string of the molecule is Cc1ccc(CC(=O)N/N=C/c2ccccc2OCc2cccc3ccccc23)c(C)c1. The highest BCUT2D eigenvalue weighted by Gasteiger charge is 2.07. The van der Waals surface area contributed by atoms with E-state index in [-0.39, 0.29) is 5.91 Å². The van der Waals surface area contributed by atoms with Crippen LogP contribution in [0.2, 0.25) is 0 Å². The second kappa shape index (κ2) is 9.92. The molecule has 0 fully saturated rings. The lowest BCUT2D eigenvalue weighted by Gasteiger charge is -2.11. The number of rotatable bonds is 7. The molecule has 4 aromatic carbocycles. The van der Waals surface area contributed by atoms with Crippen molar-refractivity contribution in [2.45, 2.75) is 26.9 Å². The third-order valence-electron chi connectivity index (χ3n) is 5.42. The van der Waals surface area contributed by atoms with Crippen LogP contribution in [0.3, 0.4) is 0 Å². The van der Waals surface area contributed by atoms with Crippen LogP contribution in [0.15, 0.2) is 90.0 Å². The number of hydrazone groups is 1. The van der Waals surface area contributed by atoms with Gasteiger partial charge in [0.2, 0.25) is 5.91 Å². The van der Waals surface area contributed by atoms with Crippen LogP contribution in [0.25, 0.3) is 10.8 Å². The molecule has 0 aliphatic carbocycles. The average molecular weight is 423 g/mol. The Morgan fingerprint density at radius 2 is 1.69 bits per heavy atom. The predicted octanol–water partition coefficient (Wildman–Crippen LogP) is 5.73. The van der Waals surface area contributed by atoms with Gasteiger partial charge in [0.1, 0.15) is 12.4 Å². The lowest BCUT2D eigenvalue weighted by molar-refractivity contribution is -0.120. The molecule has 0 saturated carbocycles. The molecule has 4 aromatic rings. The zero-order valence-electron chi connectivity index (χ0n) is 18.3. The van der Waals surface area contributed by atoms with Gasteiger partial charge in [-0.3, -0.25) is 4.79 Å². The van der Waals surface area contributed by atoms with Crippen molar-refractivity contribution in [2.75, 3.05) is 0 Å². The smallest absolute Gasteiger partial charge is 0.244 e. The number of nitrogens with one attached hydrogen (secondary N) is 1. The van der Waals surface area contributed by atoms with Crippen LogP contribution in [0.1, 0.15) is 27.8 Å². The number of hydrogen-bond donors (Lipinski definition) is 1. The summed E-state index contributed by atoms with van der Waals surface area (Å²) in [5.41, 5.74) is 7.84. The molecule has 0 radical (unpaired) electrons. The highest BCUT2D eigenvalue weighted by molar-refractivity contribution is 5.86. The number of amides is 1. The van der Waals surface area contributed by atoms with Crippen LogP contribution in [0.5, 0.6) is 5.75 Å². The molecule has 4 nitrogen and oxygen atoms in total. The van der Waals surface area contributed by atoms with E-state index < -0.39 is 0 Å². The molecule has 4 heteroatoms. The van der Waals surface area contributed by atoms with Crippen molar-refractivity contribution >= 4 is 22.9 Å². The van der Waals surface area contributed by atoms with Gasteiger partial charge in [0.15, 0.2) is 0 Å². The van der Waals surface area contributed by atoms with Crippen molar-refractivity contribution in [3.05, 3.63) is 113 Å². The number of carbonyl (C=O) groups is 1. The first kappa shape index (κ1) is 21.3. The Hall–Kier alpha value is -3.92. The molecule has 0 spiro atoms. The van der Waals surface area contributed by atoms with Gasteiger partial charge >= 0.3 is 0 Å². The molecule has 0 atom stereocenters. The van der Waals surface area contributed by atoms with E-state index >= 15 is 0 Å². The standard InChI is InChI=1S/C28H26N2O2/c1-20-14-15-23(21(2)16-20)17-28(31)30-29-18-24-9-4-6-13-27(24)32-19-25-11-7-10-22-8-3-5-12-26(22)25/h3-16,18H,17,19H2,1-2H3,(H,30,31)/b29-18+. The van der Waals surface area contributed by atoms with E-state index in [2.05, 4.69) is 40.9 Å². The van der Waals surface area contributed by atoms with Gasteiger partial charge in [-0.2, -0.15) is 5.10 Å². The van der Waals surface area contributed by atoms with Gasteiger partial charge in [-0.05, 0) is 53.4 Å². The fraction of sp³-hybridized carbons (Fsp3) is 0.143. The molecule has 0 unspecified atom stereocenters. The zero-order valence-corrected chi connectivity index (χ0v) is 18.3. The van der Waals surface area contributed by atoms with E-state index in [4.69, 9.17) is 4.74 Å². The van der Waals surface area contributed by atoms with E-state index in [0.717, 1.165) is 22.3 Å². The van der Waals surface area contributed by atoms with Crippen molar-refractivity contribution in [3.63, 3.8) is 0 Å². The van der Waals surface area contributed by atoms with E-state index in [1.807, 2.05) is 68.4 Å². The second-order valence-corrected chi connectivity index (χ2v) is 7.86. The largest absolute Gasteiger partial charge is 0.488 e. The average Bonchev–Trinajstić information content (AvgIpc) is 2.80. The summed E-state index contributed by atoms with van der Waals surface area (Å²) in [5.74, 6) is 0.565. The fourth-order valence-electron chi connectivity index (χ4n) is 3.72. The predicted molar refractivity (Wildman–Crippen MR) is 130 cm³/mol. The summed E-state index contributed by atoms with van der Waals surface area (Å²) in [5, 5.41) is 6.52. The van der Waals surface area contributed by atoms with Crippen LogP contribution in [-0.4, -0.2) is 12.1 Å². The zero-order chi connectivity index (χ0) is 22.3. The van der Waals surface area contributed by atoms with Crippen LogP contribution in [-0.2, 0) is 17.8 Å². The Balaban J connectivity index is 1.40. The fourth-order valence-corrected chi connectivity index (χ4v) is 3.72. The number of hydrogen-bond acceptors (Lipinski definition) is 3. The van der Waals surface area contributed by atoms with Gasteiger partial charge < -0.3 is 4.74 Å². The normalized spacial score (nSPS) is 11.1. The number of aryl methyl sites for hydroxylation is 2. The molecular weight excluding hydrogens is 396 g/mol. The Kier molecular flexibility index (Phi) is 6.61. The van der Waals surface area contributed by atoms with Gasteiger partial charge in [-0.1, -0.05) is 78.4 Å². The minimum Gasteiger partial charge on any atom is -0.488 e. The van der Waals surface area contributed by atoms with Crippen LogP contribution < -0.4 is 10.2 Å². The molecular formula is C28H26N2O2. The summed E-state index contributed by atoms with van der Waals surface area (Å²) < 4.78 is 6.11. The van der Waals surface area contributed by atoms with Crippen molar-refractivity contribution in [1.82, 2.24) is 5.43 Å². The van der Waals surface area contributed by atoms with E-state index in [1.54, 1.807) is 6.21 Å². The maximum atomic E-state index is 12.3. The molecule has 4 rings (SSSR count). The molecule has 0 aliphatic rings. The molecule has 32 heavy (non-hydrogen) atoms. The maximum absolute atomic E-state index is 12.3. The number of fused-ring (bicyclic) bond motifs is 1. The van der Waals surface area contributed by atoms with Crippen molar-refractivity contribution in [2.24, 2.45) is 5.10 Å². The first-order valence-electron chi connectivity index (χ1n) is 10.7. The van der Waals surface area contributed by atoms with Crippen molar-refractivity contribution in [1.29, 1.82) is 0 Å². The van der Waals surface area contributed by atoms with Gasteiger partial charge in [0.05, 0.1) is 12.6 Å². The summed E-state index contributed by atoms with van der Waals surface area (Å²) in [6.07, 6.45) is 1.92. The van der Waals surface area contributed by atoms with Crippen LogP contribution >= 0.6 is 0 Å². The molecule has 0 aliphatic heterocycles. The Labute approximate surface area is 188 Å². The quantitative estimate of drug-likeness (QED) is 0.305. The van der Waals surface area contributed by atoms with Gasteiger partial charge in [0, 0.05) is 5.56 Å². The molecule has 1 amide bonds. The first-order chi connectivity index (χ1) is 15.6. The number of benzene rings is 4. The minimum atomic E-state index is -0.151. The van der Waals surface area contributed by atoms with Crippen molar-refractivity contribution < 1.29 is 9.53 Å². The summed E-state index contributed by atoms with van der Waals surface area (Å²) >= 11 is 0. The third kappa shape index (κ3) is 5.22. The number of para-hydroxylation sites is 1. The van der Waals surface area contributed by atoms with Gasteiger partial charge in [-0.25, -0.2) is 5.43 Å². The second-order valence-electron chi connectivity index (χ2n) is 7.86. The lowest BCUT2D eigenvalue weighted by Crippen LogP contribution is -2.20. The van der Waals surface area contributed by atoms with E-state index in [9.17, 15) is 4.79 Å². The lowest BCUT2D eigenvalue weighted by atomic mass is 10.0. The highest BCUT2D eigenvalue weighted by Crippen LogP contribution is 2.22. The van der Waals surface area contributed by atoms with Crippen LogP contribution in [0, 0.1) is 13.8 Å². The van der Waals surface area contributed by atoms with Crippen molar-refractivity contribution in [3.8, 4) is 5.75 Å². The molecule has 1 N–H and O–H groups in total.